The van der Waals surface area contributed by atoms with Gasteiger partial charge >= 0.3 is 0 Å². The van der Waals surface area contributed by atoms with Gasteiger partial charge in [-0.1, -0.05) is 0 Å². The Bertz CT molecular complexity index is 258. The molecule has 1 amide bonds. The minimum atomic E-state index is 0.0782. The van der Waals surface area contributed by atoms with Gasteiger partial charge in [0.1, 0.15) is 0 Å². The van der Waals surface area contributed by atoms with Gasteiger partial charge in [0, 0.05) is 51.0 Å². The molecule has 1 rings (SSSR count). The van der Waals surface area contributed by atoms with Crippen molar-refractivity contribution in [1.29, 1.82) is 5.41 Å². The molecule has 0 atom stereocenters. The van der Waals surface area contributed by atoms with Gasteiger partial charge in [0.25, 0.3) is 0 Å². The lowest BCUT2D eigenvalue weighted by atomic mass is 10.0. The number of carbonyl (C=O) groups excluding carboxylic acids is 1. The van der Waals surface area contributed by atoms with Crippen LogP contribution in [0.2, 0.25) is 0 Å². The molecule has 0 bridgehead atoms. The van der Waals surface area contributed by atoms with Gasteiger partial charge in [-0.05, 0) is 0 Å². The maximum absolute atomic E-state index is 11.1. The fourth-order valence-electron chi connectivity index (χ4n) is 1.36. The summed E-state index contributed by atoms with van der Waals surface area (Å²) < 4.78 is 0. The van der Waals surface area contributed by atoms with Crippen molar-refractivity contribution in [3.05, 3.63) is 11.8 Å². The van der Waals surface area contributed by atoms with Gasteiger partial charge in [0.15, 0.2) is 0 Å². The first kappa shape index (κ1) is 9.77. The molecule has 1 fully saturated rings. The second-order valence-electron chi connectivity index (χ2n) is 3.13. The highest BCUT2D eigenvalue weighted by Crippen LogP contribution is 2.11. The van der Waals surface area contributed by atoms with Crippen LogP contribution in [0.25, 0.3) is 0 Å². The predicted molar refractivity (Wildman–Crippen MR) is 51.7 cm³/mol. The maximum atomic E-state index is 11.1. The van der Waals surface area contributed by atoms with Crippen LogP contribution in [-0.4, -0.2) is 36.7 Å². The Labute approximate surface area is 78.1 Å². The Kier molecular flexibility index (Phi) is 3.06. The first-order chi connectivity index (χ1) is 6.15. The van der Waals surface area contributed by atoms with E-state index in [1.807, 2.05) is 0 Å². The molecular weight excluding hydrogens is 166 g/mol. The third kappa shape index (κ3) is 2.31. The van der Waals surface area contributed by atoms with Crippen LogP contribution in [0.5, 0.6) is 0 Å². The second kappa shape index (κ2) is 4.07. The van der Waals surface area contributed by atoms with Crippen LogP contribution in [0.3, 0.4) is 0 Å². The second-order valence-corrected chi connectivity index (χ2v) is 3.13. The van der Waals surface area contributed by atoms with E-state index in [0.29, 0.717) is 25.2 Å². The summed E-state index contributed by atoms with van der Waals surface area (Å²) in [7, 11) is 1.80. The highest BCUT2D eigenvalue weighted by molar-refractivity contribution is 5.99. The van der Waals surface area contributed by atoms with E-state index in [9.17, 15) is 4.79 Å². The van der Waals surface area contributed by atoms with Crippen molar-refractivity contribution >= 4 is 11.6 Å². The molecule has 0 saturated carbocycles. The molecular formula is C9H15N3O. The fourth-order valence-corrected chi connectivity index (χ4v) is 1.36. The van der Waals surface area contributed by atoms with Crippen LogP contribution in [0.15, 0.2) is 11.8 Å². The van der Waals surface area contributed by atoms with E-state index < -0.39 is 0 Å². The maximum Gasteiger partial charge on any atom is 0.219 e. The zero-order valence-electron chi connectivity index (χ0n) is 8.05. The van der Waals surface area contributed by atoms with Crippen molar-refractivity contribution in [2.45, 2.75) is 13.3 Å². The van der Waals surface area contributed by atoms with Crippen molar-refractivity contribution in [3.63, 3.8) is 0 Å². The fraction of sp³-hybridized carbons (Fsp3) is 0.556. The number of nitrogens with one attached hydrogen (secondary N) is 2. The number of likely N-dealkylation sites (tertiary alicyclic amines) is 1. The third-order valence-electron chi connectivity index (χ3n) is 2.14. The molecule has 13 heavy (non-hydrogen) atoms. The molecule has 0 unspecified atom stereocenters. The molecule has 4 heteroatoms. The highest BCUT2D eigenvalue weighted by Gasteiger charge is 2.19. The number of amides is 1. The zero-order valence-corrected chi connectivity index (χ0v) is 8.05. The minimum Gasteiger partial charge on any atom is -0.394 e. The van der Waals surface area contributed by atoms with E-state index in [-0.39, 0.29) is 5.91 Å². The largest absolute Gasteiger partial charge is 0.394 e. The Morgan fingerprint density at radius 2 is 2.38 bits per heavy atom. The average Bonchev–Trinajstić information content (AvgIpc) is 2.08. The first-order valence-electron chi connectivity index (χ1n) is 4.34. The third-order valence-corrected chi connectivity index (χ3v) is 2.14. The van der Waals surface area contributed by atoms with E-state index in [2.05, 4.69) is 5.32 Å². The monoisotopic (exact) mass is 181 g/mol. The summed E-state index contributed by atoms with van der Waals surface area (Å²) in [5.74, 6) is 0.0782. The molecule has 0 aliphatic carbocycles. The van der Waals surface area contributed by atoms with Gasteiger partial charge in [-0.25, -0.2) is 0 Å². The van der Waals surface area contributed by atoms with Crippen molar-refractivity contribution in [2.24, 2.45) is 0 Å². The van der Waals surface area contributed by atoms with E-state index in [1.165, 1.54) is 0 Å². The Balaban J connectivity index is 2.69. The van der Waals surface area contributed by atoms with Gasteiger partial charge in [-0.2, -0.15) is 0 Å². The molecule has 1 aliphatic rings. The molecule has 0 radical (unpaired) electrons. The average molecular weight is 181 g/mol. The summed E-state index contributed by atoms with van der Waals surface area (Å²) in [6.45, 7) is 2.80. The number of carbonyl (C=O) groups is 1. The van der Waals surface area contributed by atoms with Gasteiger partial charge < -0.3 is 15.6 Å². The van der Waals surface area contributed by atoms with Crippen LogP contribution >= 0.6 is 0 Å². The molecule has 2 N–H and O–H groups in total. The van der Waals surface area contributed by atoms with Crippen molar-refractivity contribution in [2.75, 3.05) is 20.1 Å². The highest BCUT2D eigenvalue weighted by atomic mass is 16.2. The lowest BCUT2D eigenvalue weighted by molar-refractivity contribution is -0.128. The summed E-state index contributed by atoms with van der Waals surface area (Å²) in [6, 6.07) is 0. The van der Waals surface area contributed by atoms with Crippen molar-refractivity contribution in [1.82, 2.24) is 10.2 Å². The van der Waals surface area contributed by atoms with Gasteiger partial charge in [-0.3, -0.25) is 4.79 Å². The Morgan fingerprint density at radius 1 is 1.69 bits per heavy atom. The Morgan fingerprint density at radius 3 is 2.92 bits per heavy atom. The van der Waals surface area contributed by atoms with E-state index in [0.717, 1.165) is 5.57 Å². The molecule has 1 saturated heterocycles. The van der Waals surface area contributed by atoms with Gasteiger partial charge in [0.2, 0.25) is 5.91 Å². The normalized spacial score (nSPS) is 20.6. The number of hydrogen-bond acceptors (Lipinski definition) is 3. The van der Waals surface area contributed by atoms with E-state index in [4.69, 9.17) is 5.41 Å². The SMILES string of the molecule is CN/C=C1/CN(C(C)=O)CCC1=N. The van der Waals surface area contributed by atoms with Crippen LogP contribution in [-0.2, 0) is 4.79 Å². The molecule has 0 aromatic carbocycles. The van der Waals surface area contributed by atoms with Crippen LogP contribution in [0.4, 0.5) is 0 Å². The molecule has 1 aliphatic heterocycles. The van der Waals surface area contributed by atoms with E-state index in [1.54, 1.807) is 25.1 Å². The number of nitrogens with zero attached hydrogens (tertiary/aromatic N) is 1. The van der Waals surface area contributed by atoms with Crippen molar-refractivity contribution in [3.8, 4) is 0 Å². The summed E-state index contributed by atoms with van der Waals surface area (Å²) in [5.41, 5.74) is 1.54. The molecule has 1 heterocycles. The van der Waals surface area contributed by atoms with Crippen LogP contribution < -0.4 is 5.32 Å². The smallest absolute Gasteiger partial charge is 0.219 e. The zero-order chi connectivity index (χ0) is 9.84. The predicted octanol–water partition coefficient (Wildman–Crippen LogP) is 0.362. The standard InChI is InChI=1S/C9H15N3O/c1-7(13)12-4-3-9(10)8(6-12)5-11-2/h5,10-11H,3-4,6H2,1-2H3/b8-5-,10-9?. The quantitative estimate of drug-likeness (QED) is 0.613. The lowest BCUT2D eigenvalue weighted by Gasteiger charge is -2.28. The first-order valence-corrected chi connectivity index (χ1v) is 4.34. The topological polar surface area (TPSA) is 56.2 Å². The van der Waals surface area contributed by atoms with Crippen molar-refractivity contribution < 1.29 is 4.79 Å². The van der Waals surface area contributed by atoms with Crippen LogP contribution in [0, 0.1) is 5.41 Å². The molecule has 4 nitrogen and oxygen atoms in total. The van der Waals surface area contributed by atoms with Gasteiger partial charge in [-0.15, -0.1) is 0 Å². The Hall–Kier alpha value is -1.32. The van der Waals surface area contributed by atoms with E-state index >= 15 is 0 Å². The molecule has 0 aromatic heterocycles. The summed E-state index contributed by atoms with van der Waals surface area (Å²) in [4.78, 5) is 12.8. The summed E-state index contributed by atoms with van der Waals surface area (Å²) in [6.07, 6.45) is 2.45. The van der Waals surface area contributed by atoms with Gasteiger partial charge in [0.05, 0.1) is 0 Å². The minimum absolute atomic E-state index is 0.0782. The number of hydrogen-bond donors (Lipinski definition) is 2. The lowest BCUT2D eigenvalue weighted by Crippen LogP contribution is -2.39. The molecule has 72 valence electrons. The molecule has 0 aromatic rings. The number of rotatable bonds is 1. The van der Waals surface area contributed by atoms with Crippen LogP contribution in [0.1, 0.15) is 13.3 Å². The number of piperidine rings is 1. The summed E-state index contributed by atoms with van der Waals surface area (Å²) >= 11 is 0. The summed E-state index contributed by atoms with van der Waals surface area (Å²) in [5, 5.41) is 10.5. The molecule has 0 spiro atoms.